The van der Waals surface area contributed by atoms with Gasteiger partial charge in [0.1, 0.15) is 6.04 Å². The number of halogens is 1. The van der Waals surface area contributed by atoms with Gasteiger partial charge in [-0.2, -0.15) is 4.98 Å². The van der Waals surface area contributed by atoms with Crippen molar-refractivity contribution in [2.45, 2.75) is 51.6 Å². The molecule has 1 aliphatic heterocycles. The highest BCUT2D eigenvalue weighted by molar-refractivity contribution is 5.85. The summed E-state index contributed by atoms with van der Waals surface area (Å²) in [6.45, 7) is 7.22. The Labute approximate surface area is 118 Å². The van der Waals surface area contributed by atoms with E-state index in [1.54, 1.807) is 0 Å². The van der Waals surface area contributed by atoms with Crippen LogP contribution >= 0.6 is 12.4 Å². The van der Waals surface area contributed by atoms with Gasteiger partial charge in [-0.25, -0.2) is 0 Å². The van der Waals surface area contributed by atoms with Crippen molar-refractivity contribution in [3.8, 4) is 0 Å². The zero-order valence-corrected chi connectivity index (χ0v) is 12.2. The molecule has 0 aliphatic carbocycles. The molecule has 1 N–H and O–H groups in total. The molecule has 0 saturated carbocycles. The molecule has 2 heterocycles. The molecule has 7 heteroatoms. The predicted molar refractivity (Wildman–Crippen MR) is 71.3 cm³/mol. The molecule has 0 bridgehead atoms. The Morgan fingerprint density at radius 2 is 2.21 bits per heavy atom. The number of nitrogens with zero attached hydrogens (tertiary/aromatic N) is 3. The van der Waals surface area contributed by atoms with Crippen LogP contribution in [0.4, 0.5) is 0 Å². The lowest BCUT2D eigenvalue weighted by molar-refractivity contribution is -0.142. The SMILES string of the molecule is CC(C)(C)c1noc(CN2CCCC2C(=O)O)n1.Cl. The number of carboxylic acids is 1. The Bertz CT molecular complexity index is 442. The first-order valence-corrected chi connectivity index (χ1v) is 6.18. The highest BCUT2D eigenvalue weighted by Gasteiger charge is 2.32. The summed E-state index contributed by atoms with van der Waals surface area (Å²) in [5.74, 6) is 0.375. The van der Waals surface area contributed by atoms with E-state index in [9.17, 15) is 4.79 Å². The number of rotatable bonds is 3. The molecule has 1 aromatic rings. The average Bonchev–Trinajstić information content (AvgIpc) is 2.85. The highest BCUT2D eigenvalue weighted by atomic mass is 35.5. The maximum atomic E-state index is 11.1. The van der Waals surface area contributed by atoms with Crippen LogP contribution in [0.2, 0.25) is 0 Å². The standard InChI is InChI=1S/C12H19N3O3.ClH/c1-12(2,3)11-13-9(18-14-11)7-15-6-4-5-8(15)10(16)17;/h8H,4-7H2,1-3H3,(H,16,17);1H. The second-order valence-electron chi connectivity index (χ2n) is 5.73. The van der Waals surface area contributed by atoms with Crippen molar-refractivity contribution in [1.29, 1.82) is 0 Å². The van der Waals surface area contributed by atoms with Crippen LogP contribution in [0.1, 0.15) is 45.3 Å². The van der Waals surface area contributed by atoms with Gasteiger partial charge in [0.05, 0.1) is 6.54 Å². The Morgan fingerprint density at radius 3 is 2.74 bits per heavy atom. The maximum absolute atomic E-state index is 11.1. The summed E-state index contributed by atoms with van der Waals surface area (Å²) in [5.41, 5.74) is -0.154. The van der Waals surface area contributed by atoms with Crippen LogP contribution in [0.15, 0.2) is 4.52 Å². The Kier molecular flexibility index (Phi) is 4.92. The number of carbonyl (C=O) groups is 1. The lowest BCUT2D eigenvalue weighted by atomic mass is 9.96. The lowest BCUT2D eigenvalue weighted by Gasteiger charge is -2.18. The first-order chi connectivity index (χ1) is 8.38. The van der Waals surface area contributed by atoms with Gasteiger partial charge >= 0.3 is 5.97 Å². The van der Waals surface area contributed by atoms with E-state index in [0.29, 0.717) is 24.7 Å². The third-order valence-corrected chi connectivity index (χ3v) is 3.13. The molecule has 0 spiro atoms. The van der Waals surface area contributed by atoms with Gasteiger partial charge in [0, 0.05) is 5.41 Å². The molecule has 0 aromatic carbocycles. The fourth-order valence-corrected chi connectivity index (χ4v) is 2.09. The average molecular weight is 290 g/mol. The smallest absolute Gasteiger partial charge is 0.320 e. The summed E-state index contributed by atoms with van der Waals surface area (Å²) in [6, 6.07) is -0.421. The molecule has 0 radical (unpaired) electrons. The van der Waals surface area contributed by atoms with Crippen molar-refractivity contribution >= 4 is 18.4 Å². The molecule has 19 heavy (non-hydrogen) atoms. The summed E-state index contributed by atoms with van der Waals surface area (Å²) in [4.78, 5) is 17.3. The van der Waals surface area contributed by atoms with Gasteiger partial charge in [0.25, 0.3) is 0 Å². The third kappa shape index (κ3) is 3.67. The third-order valence-electron chi connectivity index (χ3n) is 3.13. The predicted octanol–water partition coefficient (Wildman–Crippen LogP) is 1.84. The summed E-state index contributed by atoms with van der Waals surface area (Å²) < 4.78 is 5.19. The van der Waals surface area contributed by atoms with Crippen LogP contribution < -0.4 is 0 Å². The molecular weight excluding hydrogens is 270 g/mol. The molecule has 108 valence electrons. The van der Waals surface area contributed by atoms with Gasteiger partial charge in [-0.05, 0) is 19.4 Å². The van der Waals surface area contributed by atoms with Crippen LogP contribution in [0, 0.1) is 0 Å². The number of carboxylic acid groups (broad SMARTS) is 1. The normalized spacial score (nSPS) is 20.3. The lowest BCUT2D eigenvalue weighted by Crippen LogP contribution is -2.35. The fraction of sp³-hybridized carbons (Fsp3) is 0.750. The monoisotopic (exact) mass is 289 g/mol. The minimum absolute atomic E-state index is 0. The summed E-state index contributed by atoms with van der Waals surface area (Å²) in [7, 11) is 0. The quantitative estimate of drug-likeness (QED) is 0.914. The largest absolute Gasteiger partial charge is 0.480 e. The summed E-state index contributed by atoms with van der Waals surface area (Å²) in [5, 5.41) is 13.0. The summed E-state index contributed by atoms with van der Waals surface area (Å²) >= 11 is 0. The molecule has 0 amide bonds. The number of likely N-dealkylation sites (tertiary alicyclic amines) is 1. The van der Waals surface area contributed by atoms with Gasteiger partial charge in [-0.1, -0.05) is 25.9 Å². The van der Waals surface area contributed by atoms with Crippen molar-refractivity contribution < 1.29 is 14.4 Å². The topological polar surface area (TPSA) is 79.5 Å². The van der Waals surface area contributed by atoms with Crippen LogP contribution in [-0.2, 0) is 16.8 Å². The molecule has 6 nitrogen and oxygen atoms in total. The minimum atomic E-state index is -0.775. The van der Waals surface area contributed by atoms with Gasteiger partial charge in [-0.3, -0.25) is 9.69 Å². The molecule has 1 unspecified atom stereocenters. The maximum Gasteiger partial charge on any atom is 0.320 e. The van der Waals surface area contributed by atoms with Crippen LogP contribution in [-0.4, -0.2) is 38.7 Å². The molecule has 1 aromatic heterocycles. The van der Waals surface area contributed by atoms with Crippen LogP contribution in [0.5, 0.6) is 0 Å². The zero-order chi connectivity index (χ0) is 13.3. The molecule has 1 atom stereocenters. The van der Waals surface area contributed by atoms with E-state index in [-0.39, 0.29) is 17.8 Å². The van der Waals surface area contributed by atoms with Crippen LogP contribution in [0.25, 0.3) is 0 Å². The number of aromatic nitrogens is 2. The highest BCUT2D eigenvalue weighted by Crippen LogP contribution is 2.22. The van der Waals surface area contributed by atoms with Gasteiger partial charge in [0.2, 0.25) is 5.89 Å². The minimum Gasteiger partial charge on any atom is -0.480 e. The second-order valence-corrected chi connectivity index (χ2v) is 5.73. The van der Waals surface area contributed by atoms with E-state index in [1.807, 2.05) is 25.7 Å². The summed E-state index contributed by atoms with van der Waals surface area (Å²) in [6.07, 6.45) is 1.59. The molecule has 1 fully saturated rings. The van der Waals surface area contributed by atoms with Crippen molar-refractivity contribution in [3.63, 3.8) is 0 Å². The van der Waals surface area contributed by atoms with Crippen molar-refractivity contribution in [1.82, 2.24) is 15.0 Å². The number of hydrogen-bond acceptors (Lipinski definition) is 5. The van der Waals surface area contributed by atoms with Gasteiger partial charge in [-0.15, -0.1) is 12.4 Å². The fourth-order valence-electron chi connectivity index (χ4n) is 2.09. The Balaban J connectivity index is 0.00000180. The van der Waals surface area contributed by atoms with E-state index < -0.39 is 12.0 Å². The second kappa shape index (κ2) is 5.88. The molecular formula is C12H20ClN3O3. The van der Waals surface area contributed by atoms with E-state index >= 15 is 0 Å². The van der Waals surface area contributed by atoms with Crippen molar-refractivity contribution in [3.05, 3.63) is 11.7 Å². The van der Waals surface area contributed by atoms with Crippen molar-refractivity contribution in [2.24, 2.45) is 0 Å². The molecule has 1 aliphatic rings. The van der Waals surface area contributed by atoms with E-state index in [1.165, 1.54) is 0 Å². The first-order valence-electron chi connectivity index (χ1n) is 6.18. The molecule has 1 saturated heterocycles. The van der Waals surface area contributed by atoms with E-state index in [0.717, 1.165) is 13.0 Å². The van der Waals surface area contributed by atoms with E-state index in [2.05, 4.69) is 10.1 Å². The van der Waals surface area contributed by atoms with Crippen molar-refractivity contribution in [2.75, 3.05) is 6.54 Å². The molecule has 2 rings (SSSR count). The van der Waals surface area contributed by atoms with Gasteiger partial charge in [0.15, 0.2) is 5.82 Å². The number of hydrogen-bond donors (Lipinski definition) is 1. The zero-order valence-electron chi connectivity index (χ0n) is 11.4. The van der Waals surface area contributed by atoms with Gasteiger partial charge < -0.3 is 9.63 Å². The van der Waals surface area contributed by atoms with Crippen LogP contribution in [0.3, 0.4) is 0 Å². The Hall–Kier alpha value is -1.14. The Morgan fingerprint density at radius 1 is 1.53 bits per heavy atom. The number of aliphatic carboxylic acids is 1. The van der Waals surface area contributed by atoms with E-state index in [4.69, 9.17) is 9.63 Å². The first kappa shape index (κ1) is 15.9.